The molecule has 33 heavy (non-hydrogen) atoms. The Morgan fingerprint density at radius 1 is 1.06 bits per heavy atom. The van der Waals surface area contributed by atoms with Gasteiger partial charge in [-0.3, -0.25) is 4.79 Å². The molecule has 6 nitrogen and oxygen atoms in total. The molecule has 170 valence electrons. The predicted octanol–water partition coefficient (Wildman–Crippen LogP) is 4.76. The summed E-state index contributed by atoms with van der Waals surface area (Å²) in [5.41, 5.74) is 2.34. The van der Waals surface area contributed by atoms with Crippen molar-refractivity contribution in [3.8, 4) is 5.75 Å². The number of para-hydroxylation sites is 2. The number of carbonyl (C=O) groups excluding carboxylic acids is 1. The lowest BCUT2D eigenvalue weighted by molar-refractivity contribution is 0.0923. The van der Waals surface area contributed by atoms with E-state index in [1.54, 1.807) is 30.3 Å². The Morgan fingerprint density at radius 2 is 1.82 bits per heavy atom. The summed E-state index contributed by atoms with van der Waals surface area (Å²) in [6, 6.07) is 21.7. The summed E-state index contributed by atoms with van der Waals surface area (Å²) in [4.78, 5) is 17.0. The number of fused-ring (bicyclic) bond motifs is 1. The van der Waals surface area contributed by atoms with Gasteiger partial charge in [0.15, 0.2) is 0 Å². The maximum absolute atomic E-state index is 12.3. The molecule has 0 spiro atoms. The highest BCUT2D eigenvalue weighted by atomic mass is 35.5. The predicted molar refractivity (Wildman–Crippen MR) is 130 cm³/mol. The summed E-state index contributed by atoms with van der Waals surface area (Å²) in [6.07, 6.45) is -0.295. The van der Waals surface area contributed by atoms with E-state index in [1.807, 2.05) is 47.0 Å². The topological polar surface area (TPSA) is 76.4 Å². The van der Waals surface area contributed by atoms with E-state index in [0.717, 1.165) is 16.9 Å². The fourth-order valence-electron chi connectivity index (χ4n) is 3.54. The third-order valence-electron chi connectivity index (χ3n) is 5.12. The third kappa shape index (κ3) is 5.85. The zero-order valence-electron chi connectivity index (χ0n) is 17.7. The van der Waals surface area contributed by atoms with Crippen molar-refractivity contribution < 1.29 is 14.6 Å². The van der Waals surface area contributed by atoms with Crippen LogP contribution >= 0.6 is 23.2 Å². The molecule has 1 amide bonds. The number of ether oxygens (including phenoxy) is 1. The van der Waals surface area contributed by atoms with E-state index in [-0.39, 0.29) is 19.1 Å². The zero-order valence-corrected chi connectivity index (χ0v) is 19.3. The summed E-state index contributed by atoms with van der Waals surface area (Å²) in [5.74, 6) is 1.05. The first-order valence-electron chi connectivity index (χ1n) is 10.5. The summed E-state index contributed by atoms with van der Waals surface area (Å²) < 4.78 is 7.64. The molecule has 0 radical (unpaired) electrons. The molecule has 0 saturated carbocycles. The number of aliphatic hydroxyl groups is 1. The van der Waals surface area contributed by atoms with Gasteiger partial charge in [0.1, 0.15) is 24.3 Å². The molecule has 0 unspecified atom stereocenters. The number of amides is 1. The van der Waals surface area contributed by atoms with E-state index in [9.17, 15) is 9.90 Å². The lowest BCUT2D eigenvalue weighted by Crippen LogP contribution is -2.28. The number of imidazole rings is 1. The average Bonchev–Trinajstić information content (AvgIpc) is 3.17. The molecule has 1 heterocycles. The first-order chi connectivity index (χ1) is 16.0. The standard InChI is InChI=1S/C25H23Cl2N3O3/c26-18-10-11-20(27)23(14-18)33-16-19(31)15-30-22-9-5-4-8-21(22)29-24(30)12-13-28-25(32)17-6-2-1-3-7-17/h1-11,14,19,31H,12-13,15-16H2,(H,28,32)/t19-/m0/s1. The molecule has 4 rings (SSSR count). The van der Waals surface area contributed by atoms with Crippen LogP contribution in [0.5, 0.6) is 5.75 Å². The van der Waals surface area contributed by atoms with Crippen molar-refractivity contribution in [2.24, 2.45) is 0 Å². The van der Waals surface area contributed by atoms with E-state index < -0.39 is 6.10 Å². The van der Waals surface area contributed by atoms with Gasteiger partial charge in [0.05, 0.1) is 22.6 Å². The summed E-state index contributed by atoms with van der Waals surface area (Å²) in [6.45, 7) is 0.735. The van der Waals surface area contributed by atoms with E-state index >= 15 is 0 Å². The second kappa shape index (κ2) is 10.7. The van der Waals surface area contributed by atoms with E-state index in [4.69, 9.17) is 32.9 Å². The van der Waals surface area contributed by atoms with Gasteiger partial charge in [-0.05, 0) is 36.4 Å². The average molecular weight is 484 g/mol. The van der Waals surface area contributed by atoms with Crippen LogP contribution in [0.3, 0.4) is 0 Å². The largest absolute Gasteiger partial charge is 0.489 e. The van der Waals surface area contributed by atoms with Gasteiger partial charge in [-0.1, -0.05) is 53.5 Å². The molecule has 1 atom stereocenters. The Hall–Kier alpha value is -3.06. The van der Waals surface area contributed by atoms with Crippen LogP contribution in [0.4, 0.5) is 0 Å². The van der Waals surface area contributed by atoms with Crippen LogP contribution in [0.25, 0.3) is 11.0 Å². The van der Waals surface area contributed by atoms with Crippen molar-refractivity contribution in [2.45, 2.75) is 19.1 Å². The molecule has 4 aromatic rings. The van der Waals surface area contributed by atoms with E-state index in [2.05, 4.69) is 5.32 Å². The number of carbonyl (C=O) groups is 1. The fourth-order valence-corrected chi connectivity index (χ4v) is 3.87. The van der Waals surface area contributed by atoms with Gasteiger partial charge in [0, 0.05) is 29.6 Å². The summed E-state index contributed by atoms with van der Waals surface area (Å²) >= 11 is 12.1. The fraction of sp³-hybridized carbons (Fsp3) is 0.200. The van der Waals surface area contributed by atoms with Crippen LogP contribution in [-0.4, -0.2) is 39.8 Å². The van der Waals surface area contributed by atoms with Gasteiger partial charge in [-0.2, -0.15) is 0 Å². The first-order valence-corrected chi connectivity index (χ1v) is 11.3. The van der Waals surface area contributed by atoms with Gasteiger partial charge in [-0.25, -0.2) is 4.98 Å². The van der Waals surface area contributed by atoms with Gasteiger partial charge in [-0.15, -0.1) is 0 Å². The minimum absolute atomic E-state index is 0.0384. The molecule has 0 aliphatic heterocycles. The molecular formula is C25H23Cl2N3O3. The Morgan fingerprint density at radius 3 is 2.64 bits per heavy atom. The van der Waals surface area contributed by atoms with Crippen molar-refractivity contribution in [2.75, 3.05) is 13.2 Å². The second-order valence-corrected chi connectivity index (χ2v) is 8.38. The highest BCUT2D eigenvalue weighted by molar-refractivity contribution is 6.34. The highest BCUT2D eigenvalue weighted by Gasteiger charge is 2.16. The third-order valence-corrected chi connectivity index (χ3v) is 5.67. The molecule has 1 aromatic heterocycles. The molecule has 3 aromatic carbocycles. The number of hydrogen-bond donors (Lipinski definition) is 2. The molecule has 2 N–H and O–H groups in total. The van der Waals surface area contributed by atoms with Crippen LogP contribution in [0, 0.1) is 0 Å². The van der Waals surface area contributed by atoms with Crippen LogP contribution in [0.2, 0.25) is 10.0 Å². The van der Waals surface area contributed by atoms with Crippen LogP contribution in [0.15, 0.2) is 72.8 Å². The smallest absolute Gasteiger partial charge is 0.251 e. The monoisotopic (exact) mass is 483 g/mol. The Kier molecular flexibility index (Phi) is 7.50. The molecular weight excluding hydrogens is 461 g/mol. The maximum atomic E-state index is 12.3. The molecule has 0 aliphatic rings. The Balaban J connectivity index is 1.43. The van der Waals surface area contributed by atoms with Crippen molar-refractivity contribution in [3.05, 3.63) is 94.2 Å². The normalized spacial score (nSPS) is 12.0. The van der Waals surface area contributed by atoms with Crippen molar-refractivity contribution in [1.29, 1.82) is 0 Å². The van der Waals surface area contributed by atoms with E-state index in [0.29, 0.717) is 34.3 Å². The minimum Gasteiger partial charge on any atom is -0.489 e. The SMILES string of the molecule is O=C(NCCc1nc2ccccc2n1C[C@H](O)COc1cc(Cl)ccc1Cl)c1ccccc1. The Labute approximate surface area is 201 Å². The number of nitrogens with zero attached hydrogens (tertiary/aromatic N) is 2. The van der Waals surface area contributed by atoms with Crippen LogP contribution < -0.4 is 10.1 Å². The lowest BCUT2D eigenvalue weighted by Gasteiger charge is -2.16. The maximum Gasteiger partial charge on any atom is 0.251 e. The lowest BCUT2D eigenvalue weighted by atomic mass is 10.2. The number of rotatable bonds is 9. The molecule has 0 aliphatic carbocycles. The molecule has 0 bridgehead atoms. The number of aromatic nitrogens is 2. The summed E-state index contributed by atoms with van der Waals surface area (Å²) in [7, 11) is 0. The number of nitrogens with one attached hydrogen (secondary N) is 1. The quantitative estimate of drug-likeness (QED) is 0.360. The van der Waals surface area contributed by atoms with Crippen molar-refractivity contribution in [1.82, 2.24) is 14.9 Å². The molecule has 8 heteroatoms. The van der Waals surface area contributed by atoms with Gasteiger partial charge < -0.3 is 19.7 Å². The van der Waals surface area contributed by atoms with Gasteiger partial charge >= 0.3 is 0 Å². The van der Waals surface area contributed by atoms with E-state index in [1.165, 1.54) is 0 Å². The highest BCUT2D eigenvalue weighted by Crippen LogP contribution is 2.28. The second-order valence-electron chi connectivity index (χ2n) is 7.54. The number of benzene rings is 3. The summed E-state index contributed by atoms with van der Waals surface area (Å²) in [5, 5.41) is 14.5. The zero-order chi connectivity index (χ0) is 23.2. The molecule has 0 saturated heterocycles. The Bertz CT molecular complexity index is 1240. The van der Waals surface area contributed by atoms with Crippen molar-refractivity contribution >= 4 is 40.1 Å². The van der Waals surface area contributed by atoms with Gasteiger partial charge in [0.2, 0.25) is 0 Å². The number of hydrogen-bond acceptors (Lipinski definition) is 4. The molecule has 0 fully saturated rings. The number of aliphatic hydroxyl groups excluding tert-OH is 1. The number of halogens is 2. The minimum atomic E-state index is -0.810. The first kappa shape index (κ1) is 23.1. The van der Waals surface area contributed by atoms with Gasteiger partial charge in [0.25, 0.3) is 5.91 Å². The van der Waals surface area contributed by atoms with Crippen molar-refractivity contribution in [3.63, 3.8) is 0 Å². The van der Waals surface area contributed by atoms with Crippen LogP contribution in [-0.2, 0) is 13.0 Å². The van der Waals surface area contributed by atoms with Crippen LogP contribution in [0.1, 0.15) is 16.2 Å².